The van der Waals surface area contributed by atoms with E-state index < -0.39 is 0 Å². The quantitative estimate of drug-likeness (QED) is 0.336. The fourth-order valence-electron chi connectivity index (χ4n) is 0.349. The number of allylic oxidation sites excluding steroid dienone is 3. The monoisotopic (exact) mass is 120 g/mol. The van der Waals surface area contributed by atoms with Crippen molar-refractivity contribution in [2.75, 3.05) is 0 Å². The molecule has 0 aliphatic heterocycles. The van der Waals surface area contributed by atoms with Crippen molar-refractivity contribution in [1.29, 1.82) is 10.7 Å². The summed E-state index contributed by atoms with van der Waals surface area (Å²) in [6.07, 6.45) is 2.75. The Morgan fingerprint density at radius 1 is 1.78 bits per heavy atom. The average molecular weight is 120 g/mol. The highest BCUT2D eigenvalue weighted by Crippen LogP contribution is 1.94. The molecule has 0 radical (unpaired) electrons. The van der Waals surface area contributed by atoms with Gasteiger partial charge in [0.2, 0.25) is 0 Å². The van der Waals surface area contributed by atoms with Crippen LogP contribution in [0.4, 0.5) is 0 Å². The Hall–Kier alpha value is -1.36. The van der Waals surface area contributed by atoms with Crippen LogP contribution in [0.15, 0.2) is 23.8 Å². The van der Waals surface area contributed by atoms with Gasteiger partial charge in [0, 0.05) is 11.8 Å². The Morgan fingerprint density at radius 3 is 2.67 bits per heavy atom. The van der Waals surface area contributed by atoms with Crippen molar-refractivity contribution >= 4 is 6.21 Å². The van der Waals surface area contributed by atoms with E-state index >= 15 is 0 Å². The maximum Gasteiger partial charge on any atom is 0.0985 e. The molecular formula is C7H8N2. The van der Waals surface area contributed by atoms with E-state index in [1.807, 2.05) is 6.07 Å². The van der Waals surface area contributed by atoms with E-state index in [-0.39, 0.29) is 0 Å². The van der Waals surface area contributed by atoms with Crippen LogP contribution in [-0.4, -0.2) is 6.21 Å². The molecule has 0 spiro atoms. The summed E-state index contributed by atoms with van der Waals surface area (Å²) in [5, 5.41) is 14.9. The Morgan fingerprint density at radius 2 is 2.33 bits per heavy atom. The van der Waals surface area contributed by atoms with Gasteiger partial charge < -0.3 is 5.41 Å². The standard InChI is InChI=1S/C7H8N2/c1-6(4-8)3-7(2)5-9/h3,5,9H,1H2,2H3/b7-3-,9-5?. The van der Waals surface area contributed by atoms with Crippen LogP contribution in [0.25, 0.3) is 0 Å². The van der Waals surface area contributed by atoms with Gasteiger partial charge >= 0.3 is 0 Å². The van der Waals surface area contributed by atoms with Crippen molar-refractivity contribution < 1.29 is 0 Å². The zero-order valence-corrected chi connectivity index (χ0v) is 5.31. The molecule has 0 heterocycles. The molecule has 0 saturated carbocycles. The summed E-state index contributed by atoms with van der Waals surface area (Å²) in [7, 11) is 0. The summed E-state index contributed by atoms with van der Waals surface area (Å²) in [5.74, 6) is 0. The molecule has 1 N–H and O–H groups in total. The lowest BCUT2D eigenvalue weighted by Crippen LogP contribution is -1.75. The minimum atomic E-state index is 0.385. The predicted molar refractivity (Wildman–Crippen MR) is 37.3 cm³/mol. The lowest BCUT2D eigenvalue weighted by molar-refractivity contribution is 1.47. The van der Waals surface area contributed by atoms with Crippen molar-refractivity contribution in [3.05, 3.63) is 23.8 Å². The summed E-state index contributed by atoms with van der Waals surface area (Å²) in [5.41, 5.74) is 1.12. The number of rotatable bonds is 2. The third-order valence-corrected chi connectivity index (χ3v) is 0.773. The van der Waals surface area contributed by atoms with Gasteiger partial charge in [-0.3, -0.25) is 0 Å². The van der Waals surface area contributed by atoms with Crippen LogP contribution >= 0.6 is 0 Å². The van der Waals surface area contributed by atoms with Crippen molar-refractivity contribution in [2.45, 2.75) is 6.92 Å². The SMILES string of the molecule is C=C(C#N)/C=C(/C)C=N. The molecular weight excluding hydrogens is 112 g/mol. The molecule has 0 aromatic rings. The highest BCUT2D eigenvalue weighted by atomic mass is 14.3. The average Bonchev–Trinajstić information content (AvgIpc) is 1.87. The number of nitriles is 1. The van der Waals surface area contributed by atoms with E-state index in [4.69, 9.17) is 10.7 Å². The smallest absolute Gasteiger partial charge is 0.0985 e. The Kier molecular flexibility index (Phi) is 3.07. The van der Waals surface area contributed by atoms with Crippen LogP contribution in [0.5, 0.6) is 0 Å². The molecule has 46 valence electrons. The molecule has 0 amide bonds. The van der Waals surface area contributed by atoms with Crippen LogP contribution in [0.3, 0.4) is 0 Å². The van der Waals surface area contributed by atoms with Crippen molar-refractivity contribution in [1.82, 2.24) is 0 Å². The van der Waals surface area contributed by atoms with Crippen LogP contribution in [0.2, 0.25) is 0 Å². The molecule has 0 fully saturated rings. The number of nitrogens with zero attached hydrogens (tertiary/aromatic N) is 1. The number of nitrogens with one attached hydrogen (secondary N) is 1. The summed E-state index contributed by atoms with van der Waals surface area (Å²) < 4.78 is 0. The molecule has 0 bridgehead atoms. The molecule has 0 saturated heterocycles. The Bertz CT molecular complexity index is 193. The lowest BCUT2D eigenvalue weighted by atomic mass is 10.2. The first-order valence-corrected chi connectivity index (χ1v) is 2.48. The van der Waals surface area contributed by atoms with E-state index in [2.05, 4.69) is 6.58 Å². The maximum atomic E-state index is 8.21. The van der Waals surface area contributed by atoms with Gasteiger partial charge in [-0.15, -0.1) is 0 Å². The van der Waals surface area contributed by atoms with Crippen LogP contribution in [0.1, 0.15) is 6.92 Å². The van der Waals surface area contributed by atoms with Gasteiger partial charge in [-0.2, -0.15) is 5.26 Å². The van der Waals surface area contributed by atoms with Crippen LogP contribution in [0, 0.1) is 16.7 Å². The lowest BCUT2D eigenvalue weighted by Gasteiger charge is -1.84. The second kappa shape index (κ2) is 3.62. The molecule has 0 unspecified atom stereocenters. The molecule has 0 atom stereocenters. The fourth-order valence-corrected chi connectivity index (χ4v) is 0.349. The third-order valence-electron chi connectivity index (χ3n) is 0.773. The predicted octanol–water partition coefficient (Wildman–Crippen LogP) is 1.66. The molecule has 2 nitrogen and oxygen atoms in total. The van der Waals surface area contributed by atoms with E-state index in [1.165, 1.54) is 6.21 Å². The van der Waals surface area contributed by atoms with Crippen molar-refractivity contribution in [3.63, 3.8) is 0 Å². The van der Waals surface area contributed by atoms with Gasteiger partial charge in [0.25, 0.3) is 0 Å². The normalized spacial score (nSPS) is 10.0. The van der Waals surface area contributed by atoms with Gasteiger partial charge in [-0.05, 0) is 18.6 Å². The fraction of sp³-hybridized carbons (Fsp3) is 0.143. The maximum absolute atomic E-state index is 8.21. The number of hydrogen-bond donors (Lipinski definition) is 1. The first kappa shape index (κ1) is 7.64. The third kappa shape index (κ3) is 3.24. The first-order valence-electron chi connectivity index (χ1n) is 2.48. The van der Waals surface area contributed by atoms with E-state index in [1.54, 1.807) is 13.0 Å². The highest BCUT2D eigenvalue weighted by Gasteiger charge is 1.83. The Balaban J connectivity index is 4.16. The molecule has 0 aromatic heterocycles. The van der Waals surface area contributed by atoms with Crippen LogP contribution in [-0.2, 0) is 0 Å². The minimum Gasteiger partial charge on any atom is -0.308 e. The van der Waals surface area contributed by atoms with Gasteiger partial charge in [0.05, 0.1) is 6.07 Å². The second-order valence-corrected chi connectivity index (χ2v) is 1.67. The summed E-state index contributed by atoms with van der Waals surface area (Å²) in [6.45, 7) is 5.17. The molecule has 0 rings (SSSR count). The van der Waals surface area contributed by atoms with E-state index in [9.17, 15) is 0 Å². The molecule has 9 heavy (non-hydrogen) atoms. The minimum absolute atomic E-state index is 0.385. The molecule has 0 aliphatic rings. The summed E-state index contributed by atoms with van der Waals surface area (Å²) >= 11 is 0. The zero-order chi connectivity index (χ0) is 7.28. The summed E-state index contributed by atoms with van der Waals surface area (Å²) in [6, 6.07) is 1.86. The first-order chi connectivity index (χ1) is 4.20. The molecule has 0 aromatic carbocycles. The zero-order valence-electron chi connectivity index (χ0n) is 5.31. The van der Waals surface area contributed by atoms with Crippen molar-refractivity contribution in [3.8, 4) is 6.07 Å². The van der Waals surface area contributed by atoms with E-state index in [0.717, 1.165) is 5.57 Å². The second-order valence-electron chi connectivity index (χ2n) is 1.67. The van der Waals surface area contributed by atoms with E-state index in [0.29, 0.717) is 5.57 Å². The number of hydrogen-bond acceptors (Lipinski definition) is 2. The topological polar surface area (TPSA) is 47.6 Å². The largest absolute Gasteiger partial charge is 0.308 e. The Labute approximate surface area is 54.6 Å². The van der Waals surface area contributed by atoms with Gasteiger partial charge in [0.1, 0.15) is 0 Å². The van der Waals surface area contributed by atoms with Crippen molar-refractivity contribution in [2.24, 2.45) is 0 Å². The van der Waals surface area contributed by atoms with Gasteiger partial charge in [-0.1, -0.05) is 6.58 Å². The van der Waals surface area contributed by atoms with Crippen LogP contribution < -0.4 is 0 Å². The van der Waals surface area contributed by atoms with Gasteiger partial charge in [-0.25, -0.2) is 0 Å². The van der Waals surface area contributed by atoms with Gasteiger partial charge in [0.15, 0.2) is 0 Å². The molecule has 0 aliphatic carbocycles. The molecule has 2 heteroatoms. The highest BCUT2D eigenvalue weighted by molar-refractivity contribution is 5.76. The summed E-state index contributed by atoms with van der Waals surface area (Å²) in [4.78, 5) is 0.